The molecule has 1 aliphatic carbocycles. The quantitative estimate of drug-likeness (QED) is 0.778. The number of hydrogen-bond donors (Lipinski definition) is 2. The summed E-state index contributed by atoms with van der Waals surface area (Å²) in [5.74, 6) is 1.29. The number of carbonyl (C=O) groups excluding carboxylic acids is 2. The number of benzene rings is 2. The Labute approximate surface area is 180 Å². The fraction of sp³-hybridized carbons (Fsp3) is 0.417. The number of nitrogens with one attached hydrogen (secondary N) is 2. The van der Waals surface area contributed by atoms with Crippen molar-refractivity contribution in [2.75, 3.05) is 22.3 Å². The van der Waals surface area contributed by atoms with E-state index in [-0.39, 0.29) is 17.9 Å². The van der Waals surface area contributed by atoms with Gasteiger partial charge in [0.2, 0.25) is 11.8 Å². The maximum atomic E-state index is 13.7. The van der Waals surface area contributed by atoms with Crippen LogP contribution >= 0.6 is 11.8 Å². The minimum absolute atomic E-state index is 0.0276. The molecular formula is C24H25N3O2S. The number of amides is 2. The molecule has 2 aromatic carbocycles. The fourth-order valence-electron chi connectivity index (χ4n) is 6.02. The Bertz CT molecular complexity index is 1050. The summed E-state index contributed by atoms with van der Waals surface area (Å²) in [6.45, 7) is 0. The molecular weight excluding hydrogens is 394 g/mol. The first-order valence-corrected chi connectivity index (χ1v) is 12.0. The normalized spacial score (nSPS) is 29.4. The number of aryl methyl sites for hydroxylation is 1. The molecule has 0 bridgehead atoms. The highest BCUT2D eigenvalue weighted by molar-refractivity contribution is 7.99. The molecule has 2 fully saturated rings. The van der Waals surface area contributed by atoms with E-state index >= 15 is 0 Å². The predicted octanol–water partition coefficient (Wildman–Crippen LogP) is 3.75. The van der Waals surface area contributed by atoms with Crippen molar-refractivity contribution in [2.24, 2.45) is 5.92 Å². The molecule has 3 aliphatic heterocycles. The molecule has 6 heteroatoms. The molecule has 0 aromatic heterocycles. The number of hydrogen-bond acceptors (Lipinski definition) is 4. The van der Waals surface area contributed by atoms with Gasteiger partial charge in [-0.25, -0.2) is 0 Å². The van der Waals surface area contributed by atoms with Crippen LogP contribution in [-0.2, 0) is 28.0 Å². The Morgan fingerprint density at radius 1 is 1.13 bits per heavy atom. The molecule has 3 heterocycles. The summed E-state index contributed by atoms with van der Waals surface area (Å²) in [4.78, 5) is 29.5. The second kappa shape index (κ2) is 6.86. The molecule has 0 saturated carbocycles. The van der Waals surface area contributed by atoms with Crippen LogP contribution in [0.1, 0.15) is 36.0 Å². The molecule has 3 atom stereocenters. The molecule has 154 valence electrons. The van der Waals surface area contributed by atoms with E-state index in [1.54, 1.807) is 0 Å². The van der Waals surface area contributed by atoms with Gasteiger partial charge in [-0.3, -0.25) is 14.5 Å². The van der Waals surface area contributed by atoms with E-state index < -0.39 is 11.5 Å². The van der Waals surface area contributed by atoms with E-state index in [2.05, 4.69) is 21.6 Å². The number of carbonyl (C=O) groups is 2. The predicted molar refractivity (Wildman–Crippen MR) is 120 cm³/mol. The molecule has 2 aromatic rings. The van der Waals surface area contributed by atoms with Gasteiger partial charge in [0.05, 0.1) is 5.92 Å². The summed E-state index contributed by atoms with van der Waals surface area (Å²) >= 11 is 1.85. The zero-order chi connectivity index (χ0) is 20.3. The van der Waals surface area contributed by atoms with E-state index in [9.17, 15) is 9.59 Å². The average molecular weight is 420 g/mol. The van der Waals surface area contributed by atoms with Crippen molar-refractivity contribution in [1.82, 2.24) is 4.90 Å². The lowest BCUT2D eigenvalue weighted by Crippen LogP contribution is -2.53. The first-order valence-electron chi connectivity index (χ1n) is 10.9. The van der Waals surface area contributed by atoms with Crippen LogP contribution in [0.25, 0.3) is 0 Å². The summed E-state index contributed by atoms with van der Waals surface area (Å²) in [5, 5.41) is 6.32. The monoisotopic (exact) mass is 419 g/mol. The molecule has 0 radical (unpaired) electrons. The Morgan fingerprint density at radius 3 is 2.93 bits per heavy atom. The van der Waals surface area contributed by atoms with Gasteiger partial charge in [-0.15, -0.1) is 11.8 Å². The van der Waals surface area contributed by atoms with Crippen LogP contribution in [-0.4, -0.2) is 34.4 Å². The number of nitrogens with zero attached hydrogens (tertiary/aromatic N) is 1. The number of anilines is 2. The number of rotatable bonds is 2. The minimum atomic E-state index is -0.899. The van der Waals surface area contributed by atoms with Gasteiger partial charge in [0.1, 0.15) is 5.54 Å². The van der Waals surface area contributed by atoms with Crippen LogP contribution in [0.3, 0.4) is 0 Å². The summed E-state index contributed by atoms with van der Waals surface area (Å²) in [5.41, 5.74) is 4.45. The van der Waals surface area contributed by atoms with Gasteiger partial charge < -0.3 is 10.6 Å². The SMILES string of the molecule is O=C(Nc1cccc2c1CCCC2)[C@@H]1C[C@@H]2CSCN2[C@@]12C(=O)Nc1ccccc12. The van der Waals surface area contributed by atoms with E-state index in [1.165, 1.54) is 17.5 Å². The zero-order valence-electron chi connectivity index (χ0n) is 16.8. The van der Waals surface area contributed by atoms with Gasteiger partial charge in [0.15, 0.2) is 0 Å². The maximum absolute atomic E-state index is 13.7. The summed E-state index contributed by atoms with van der Waals surface area (Å²) in [6, 6.07) is 14.4. The van der Waals surface area contributed by atoms with Gasteiger partial charge in [-0.2, -0.15) is 0 Å². The smallest absolute Gasteiger partial charge is 0.250 e. The Morgan fingerprint density at radius 2 is 2.00 bits per heavy atom. The van der Waals surface area contributed by atoms with Crippen molar-refractivity contribution >= 4 is 35.0 Å². The lowest BCUT2D eigenvalue weighted by atomic mass is 9.78. The molecule has 6 rings (SSSR count). The van der Waals surface area contributed by atoms with Gasteiger partial charge in [0, 0.05) is 34.6 Å². The first-order chi connectivity index (χ1) is 14.7. The van der Waals surface area contributed by atoms with Crippen molar-refractivity contribution in [3.63, 3.8) is 0 Å². The second-order valence-electron chi connectivity index (χ2n) is 8.82. The highest BCUT2D eigenvalue weighted by Gasteiger charge is 2.65. The third-order valence-electron chi connectivity index (χ3n) is 7.35. The molecule has 0 unspecified atom stereocenters. The summed E-state index contributed by atoms with van der Waals surface area (Å²) in [7, 11) is 0. The highest BCUT2D eigenvalue weighted by atomic mass is 32.2. The van der Waals surface area contributed by atoms with Crippen molar-refractivity contribution in [1.29, 1.82) is 0 Å². The average Bonchev–Trinajstić information content (AvgIpc) is 3.43. The molecule has 4 aliphatic rings. The van der Waals surface area contributed by atoms with Gasteiger partial charge >= 0.3 is 0 Å². The van der Waals surface area contributed by atoms with Crippen LogP contribution in [0, 0.1) is 5.92 Å². The van der Waals surface area contributed by atoms with Crippen molar-refractivity contribution < 1.29 is 9.59 Å². The third kappa shape index (κ3) is 2.47. The van der Waals surface area contributed by atoms with E-state index in [0.29, 0.717) is 0 Å². The highest BCUT2D eigenvalue weighted by Crippen LogP contribution is 2.55. The maximum Gasteiger partial charge on any atom is 0.250 e. The van der Waals surface area contributed by atoms with Crippen LogP contribution in [0.5, 0.6) is 0 Å². The topological polar surface area (TPSA) is 61.4 Å². The lowest BCUT2D eigenvalue weighted by molar-refractivity contribution is -0.134. The zero-order valence-corrected chi connectivity index (χ0v) is 17.6. The number of fused-ring (bicyclic) bond motifs is 5. The van der Waals surface area contributed by atoms with Crippen molar-refractivity contribution in [2.45, 2.75) is 43.7 Å². The molecule has 2 N–H and O–H groups in total. The van der Waals surface area contributed by atoms with Gasteiger partial charge in [-0.05, 0) is 55.4 Å². The summed E-state index contributed by atoms with van der Waals surface area (Å²) in [6.07, 6.45) is 5.18. The largest absolute Gasteiger partial charge is 0.326 e. The molecule has 30 heavy (non-hydrogen) atoms. The van der Waals surface area contributed by atoms with Gasteiger partial charge in [0.25, 0.3) is 0 Å². The van der Waals surface area contributed by atoms with E-state index in [0.717, 1.165) is 54.3 Å². The third-order valence-corrected chi connectivity index (χ3v) is 8.43. The number of thioether (sulfide) groups is 1. The van der Waals surface area contributed by atoms with Crippen molar-refractivity contribution in [3.8, 4) is 0 Å². The lowest BCUT2D eigenvalue weighted by Gasteiger charge is -2.36. The summed E-state index contributed by atoms with van der Waals surface area (Å²) < 4.78 is 0. The first kappa shape index (κ1) is 18.5. The van der Waals surface area contributed by atoms with Gasteiger partial charge in [-0.1, -0.05) is 30.3 Å². The molecule has 2 saturated heterocycles. The Kier molecular flexibility index (Phi) is 4.22. The number of para-hydroxylation sites is 1. The Hall–Kier alpha value is -2.31. The van der Waals surface area contributed by atoms with Crippen LogP contribution in [0.15, 0.2) is 42.5 Å². The Balaban J connectivity index is 1.41. The second-order valence-corrected chi connectivity index (χ2v) is 9.82. The minimum Gasteiger partial charge on any atom is -0.326 e. The molecule has 5 nitrogen and oxygen atoms in total. The molecule has 2 amide bonds. The molecule has 1 spiro atoms. The van der Waals surface area contributed by atoms with Crippen LogP contribution in [0.4, 0.5) is 11.4 Å². The van der Waals surface area contributed by atoms with E-state index in [1.807, 2.05) is 48.2 Å². The van der Waals surface area contributed by atoms with Crippen molar-refractivity contribution in [3.05, 3.63) is 59.2 Å². The van der Waals surface area contributed by atoms with Crippen LogP contribution in [0.2, 0.25) is 0 Å². The van der Waals surface area contributed by atoms with E-state index in [4.69, 9.17) is 0 Å². The fourth-order valence-corrected chi connectivity index (χ4v) is 7.33. The standard InChI is InChI=1S/C24H25N3O2S/c28-22(25-20-11-5-7-15-6-1-2-8-17(15)20)19-12-16-13-30-14-27(16)24(19)18-9-3-4-10-21(18)26-23(24)29/h3-5,7,9-11,16,19H,1-2,6,8,12-14H2,(H,25,28)(H,26,29)/t16-,19+,24-/m1/s1. The van der Waals surface area contributed by atoms with Crippen LogP contribution < -0.4 is 10.6 Å².